The van der Waals surface area contributed by atoms with Gasteiger partial charge in [-0.2, -0.15) is 10.2 Å². The molecule has 4 N–H and O–H groups in total. The van der Waals surface area contributed by atoms with Gasteiger partial charge in [-0.15, -0.1) is 0 Å². The number of hydrogen-bond acceptors (Lipinski definition) is 7. The molecule has 3 amide bonds. The van der Waals surface area contributed by atoms with Gasteiger partial charge >= 0.3 is 0 Å². The average Bonchev–Trinajstić information content (AvgIpc) is 3.47. The van der Waals surface area contributed by atoms with E-state index in [1.54, 1.807) is 55.6 Å². The molecule has 2 aromatic carbocycles. The second-order valence-electron chi connectivity index (χ2n) is 7.51. The number of aromatic nitrogens is 2. The van der Waals surface area contributed by atoms with Crippen LogP contribution in [0.1, 0.15) is 6.42 Å². The SMILES string of the molecule is COc1ccc(NC(=O)Cn2cc(NC(=O)C3=NN(c4ccccc4)C(C(N)=O)C3)cn2)cc1. The number of hydrogen-bond donors (Lipinski definition) is 3. The van der Waals surface area contributed by atoms with Gasteiger partial charge in [0.15, 0.2) is 0 Å². The first kappa shape index (κ1) is 22.5. The molecule has 1 aliphatic rings. The molecule has 1 atom stereocenters. The van der Waals surface area contributed by atoms with E-state index < -0.39 is 17.9 Å². The lowest BCUT2D eigenvalue weighted by atomic mass is 10.1. The van der Waals surface area contributed by atoms with E-state index in [4.69, 9.17) is 10.5 Å². The van der Waals surface area contributed by atoms with Crippen LogP contribution >= 0.6 is 0 Å². The molecule has 1 aromatic heterocycles. The van der Waals surface area contributed by atoms with Gasteiger partial charge in [0.2, 0.25) is 11.8 Å². The molecular formula is C23H23N7O4. The molecule has 1 unspecified atom stereocenters. The fourth-order valence-electron chi connectivity index (χ4n) is 3.43. The van der Waals surface area contributed by atoms with Crippen LogP contribution in [0.25, 0.3) is 0 Å². The van der Waals surface area contributed by atoms with Crippen molar-refractivity contribution in [1.82, 2.24) is 9.78 Å². The first-order valence-electron chi connectivity index (χ1n) is 10.4. The average molecular weight is 461 g/mol. The minimum Gasteiger partial charge on any atom is -0.497 e. The number of methoxy groups -OCH3 is 1. The van der Waals surface area contributed by atoms with Gasteiger partial charge in [0, 0.05) is 18.3 Å². The third-order valence-electron chi connectivity index (χ3n) is 5.09. The molecule has 0 saturated heterocycles. The molecular weight excluding hydrogens is 438 g/mol. The Labute approximate surface area is 195 Å². The second-order valence-corrected chi connectivity index (χ2v) is 7.51. The minimum absolute atomic E-state index is 0.0472. The van der Waals surface area contributed by atoms with Crippen LogP contribution in [0.3, 0.4) is 0 Å². The summed E-state index contributed by atoms with van der Waals surface area (Å²) in [6.07, 6.45) is 3.03. The van der Waals surface area contributed by atoms with E-state index in [1.807, 2.05) is 6.07 Å². The molecule has 0 radical (unpaired) electrons. The number of carbonyl (C=O) groups excluding carboxylic acids is 3. The Hall–Kier alpha value is -4.67. The van der Waals surface area contributed by atoms with E-state index >= 15 is 0 Å². The predicted octanol–water partition coefficient (Wildman–Crippen LogP) is 1.59. The smallest absolute Gasteiger partial charge is 0.272 e. The van der Waals surface area contributed by atoms with Crippen molar-refractivity contribution >= 4 is 40.5 Å². The number of nitrogens with one attached hydrogen (secondary N) is 2. The number of primary amides is 1. The molecule has 34 heavy (non-hydrogen) atoms. The summed E-state index contributed by atoms with van der Waals surface area (Å²) in [4.78, 5) is 36.9. The van der Waals surface area contributed by atoms with Crippen LogP contribution in [0.15, 0.2) is 72.1 Å². The van der Waals surface area contributed by atoms with Crippen molar-refractivity contribution < 1.29 is 19.1 Å². The van der Waals surface area contributed by atoms with Crippen molar-refractivity contribution in [1.29, 1.82) is 0 Å². The van der Waals surface area contributed by atoms with E-state index in [9.17, 15) is 14.4 Å². The Balaban J connectivity index is 1.37. The van der Waals surface area contributed by atoms with Crippen molar-refractivity contribution in [2.45, 2.75) is 19.0 Å². The predicted molar refractivity (Wildman–Crippen MR) is 126 cm³/mol. The third-order valence-corrected chi connectivity index (χ3v) is 5.09. The van der Waals surface area contributed by atoms with E-state index in [-0.39, 0.29) is 24.6 Å². The maximum Gasteiger partial charge on any atom is 0.272 e. The van der Waals surface area contributed by atoms with Gasteiger partial charge < -0.3 is 21.1 Å². The molecule has 0 saturated carbocycles. The molecule has 11 nitrogen and oxygen atoms in total. The zero-order valence-electron chi connectivity index (χ0n) is 18.3. The van der Waals surface area contributed by atoms with Crippen molar-refractivity contribution in [3.05, 3.63) is 67.0 Å². The highest BCUT2D eigenvalue weighted by Gasteiger charge is 2.35. The summed E-state index contributed by atoms with van der Waals surface area (Å²) in [7, 11) is 1.57. The maximum absolute atomic E-state index is 12.7. The number of nitrogens with two attached hydrogens (primary N) is 1. The highest BCUT2D eigenvalue weighted by Crippen LogP contribution is 2.24. The highest BCUT2D eigenvalue weighted by atomic mass is 16.5. The van der Waals surface area contributed by atoms with Crippen molar-refractivity contribution in [3.63, 3.8) is 0 Å². The van der Waals surface area contributed by atoms with Gasteiger partial charge in [0.05, 0.1) is 24.7 Å². The quantitative estimate of drug-likeness (QED) is 0.465. The summed E-state index contributed by atoms with van der Waals surface area (Å²) < 4.78 is 6.49. The molecule has 4 rings (SSSR count). The van der Waals surface area contributed by atoms with Crippen LogP contribution in [-0.4, -0.2) is 46.4 Å². The first-order valence-corrected chi connectivity index (χ1v) is 10.4. The lowest BCUT2D eigenvalue weighted by Gasteiger charge is -2.20. The van der Waals surface area contributed by atoms with E-state index in [2.05, 4.69) is 20.8 Å². The number of rotatable bonds is 8. The Morgan fingerprint density at radius 1 is 1.06 bits per heavy atom. The Morgan fingerprint density at radius 3 is 2.47 bits per heavy atom. The molecule has 2 heterocycles. The van der Waals surface area contributed by atoms with Gasteiger partial charge in [0.1, 0.15) is 24.0 Å². The van der Waals surface area contributed by atoms with Crippen molar-refractivity contribution in [2.75, 3.05) is 22.8 Å². The number of hydrazone groups is 1. The molecule has 0 bridgehead atoms. The zero-order valence-corrected chi connectivity index (χ0v) is 18.3. The van der Waals surface area contributed by atoms with E-state index in [0.29, 0.717) is 22.8 Å². The highest BCUT2D eigenvalue weighted by molar-refractivity contribution is 6.44. The molecule has 11 heteroatoms. The van der Waals surface area contributed by atoms with E-state index in [0.717, 1.165) is 0 Å². The number of carbonyl (C=O) groups is 3. The summed E-state index contributed by atoms with van der Waals surface area (Å²) in [6.45, 7) is -0.0472. The number of benzene rings is 2. The molecule has 1 aliphatic heterocycles. The third kappa shape index (κ3) is 5.21. The number of anilines is 3. The number of nitrogens with zero attached hydrogens (tertiary/aromatic N) is 4. The topological polar surface area (TPSA) is 144 Å². The first-order chi connectivity index (χ1) is 16.4. The minimum atomic E-state index is -0.757. The van der Waals surface area contributed by atoms with Crippen LogP contribution in [0.5, 0.6) is 5.75 Å². The van der Waals surface area contributed by atoms with Crippen molar-refractivity contribution in [3.8, 4) is 5.75 Å². The molecule has 174 valence electrons. The summed E-state index contributed by atoms with van der Waals surface area (Å²) in [5.74, 6) is -0.654. The summed E-state index contributed by atoms with van der Waals surface area (Å²) >= 11 is 0. The molecule has 3 aromatic rings. The van der Waals surface area contributed by atoms with Crippen LogP contribution in [-0.2, 0) is 20.9 Å². The molecule has 0 spiro atoms. The van der Waals surface area contributed by atoms with Crippen LogP contribution in [0, 0.1) is 0 Å². The Bertz CT molecular complexity index is 1220. The normalized spacial score (nSPS) is 14.9. The second kappa shape index (κ2) is 9.86. The fourth-order valence-corrected chi connectivity index (χ4v) is 3.43. The Morgan fingerprint density at radius 2 is 1.79 bits per heavy atom. The van der Waals surface area contributed by atoms with Gasteiger partial charge in [0.25, 0.3) is 5.91 Å². The lowest BCUT2D eigenvalue weighted by molar-refractivity contribution is -0.119. The standard InChI is InChI=1S/C23H23N7O4/c1-34-18-9-7-15(8-10-18)26-21(31)14-29-13-16(12-25-29)27-23(33)19-11-20(22(24)32)30(28-19)17-5-3-2-4-6-17/h2-10,12-13,20H,11,14H2,1H3,(H2,24,32)(H,26,31)(H,27,33). The summed E-state index contributed by atoms with van der Waals surface area (Å²) in [5.41, 5.74) is 7.35. The zero-order chi connectivity index (χ0) is 24.1. The molecule has 0 aliphatic carbocycles. The Kier molecular flexibility index (Phi) is 6.53. The summed E-state index contributed by atoms with van der Waals surface area (Å²) in [6, 6.07) is 15.2. The van der Waals surface area contributed by atoms with E-state index in [1.165, 1.54) is 22.1 Å². The van der Waals surface area contributed by atoms with Crippen LogP contribution in [0.4, 0.5) is 17.1 Å². The van der Waals surface area contributed by atoms with Crippen LogP contribution in [0.2, 0.25) is 0 Å². The van der Waals surface area contributed by atoms with Crippen molar-refractivity contribution in [2.24, 2.45) is 10.8 Å². The largest absolute Gasteiger partial charge is 0.497 e. The van der Waals surface area contributed by atoms with Gasteiger partial charge in [-0.25, -0.2) is 0 Å². The maximum atomic E-state index is 12.7. The van der Waals surface area contributed by atoms with Gasteiger partial charge in [-0.05, 0) is 36.4 Å². The monoisotopic (exact) mass is 461 g/mol. The molecule has 0 fully saturated rings. The lowest BCUT2D eigenvalue weighted by Crippen LogP contribution is -2.39. The van der Waals surface area contributed by atoms with Crippen LogP contribution < -0.4 is 26.1 Å². The van der Waals surface area contributed by atoms with Gasteiger partial charge in [-0.3, -0.25) is 24.1 Å². The number of para-hydroxylation sites is 1. The fraction of sp³-hybridized carbons (Fsp3) is 0.174. The summed E-state index contributed by atoms with van der Waals surface area (Å²) in [5, 5.41) is 15.3. The number of ether oxygens (including phenoxy) is 1. The van der Waals surface area contributed by atoms with Gasteiger partial charge in [-0.1, -0.05) is 18.2 Å². The number of amides is 3.